The van der Waals surface area contributed by atoms with E-state index in [4.69, 9.17) is 0 Å². The number of amides is 2. The van der Waals surface area contributed by atoms with Crippen LogP contribution in [0.3, 0.4) is 0 Å². The van der Waals surface area contributed by atoms with E-state index in [0.29, 0.717) is 0 Å². The molecule has 1 heterocycles. The zero-order chi connectivity index (χ0) is 16.9. The van der Waals surface area contributed by atoms with Crippen LogP contribution in [0.5, 0.6) is 5.75 Å². The molecule has 0 unspecified atom stereocenters. The molecule has 9 heteroatoms. The molecule has 23 heavy (non-hydrogen) atoms. The van der Waals surface area contributed by atoms with Gasteiger partial charge in [0.2, 0.25) is 0 Å². The molecule has 122 valence electrons. The van der Waals surface area contributed by atoms with Gasteiger partial charge in [0.05, 0.1) is 6.54 Å². The van der Waals surface area contributed by atoms with E-state index in [1.165, 1.54) is 23.5 Å². The van der Waals surface area contributed by atoms with Crippen LogP contribution in [-0.2, 0) is 16.1 Å². The maximum atomic E-state index is 12.0. The van der Waals surface area contributed by atoms with Gasteiger partial charge in [0.25, 0.3) is 0 Å². The van der Waals surface area contributed by atoms with Crippen LogP contribution in [0, 0.1) is 0 Å². The molecule has 5 nitrogen and oxygen atoms in total. The van der Waals surface area contributed by atoms with Crippen molar-refractivity contribution in [1.82, 2.24) is 5.32 Å². The van der Waals surface area contributed by atoms with Gasteiger partial charge in [0, 0.05) is 10.6 Å². The van der Waals surface area contributed by atoms with Gasteiger partial charge in [-0.05, 0) is 35.7 Å². The van der Waals surface area contributed by atoms with Crippen molar-refractivity contribution in [2.45, 2.75) is 12.9 Å². The van der Waals surface area contributed by atoms with Gasteiger partial charge < -0.3 is 15.4 Å². The molecular formula is C14H11F3N2O3S. The molecule has 0 fully saturated rings. The second-order valence-corrected chi connectivity index (χ2v) is 5.32. The lowest BCUT2D eigenvalue weighted by Gasteiger charge is -2.10. The Morgan fingerprint density at radius 2 is 1.78 bits per heavy atom. The molecule has 1 aromatic carbocycles. The van der Waals surface area contributed by atoms with Crippen LogP contribution in [0.2, 0.25) is 0 Å². The summed E-state index contributed by atoms with van der Waals surface area (Å²) in [5.74, 6) is -2.17. The summed E-state index contributed by atoms with van der Waals surface area (Å²) >= 11 is 1.43. The number of halogens is 3. The quantitative estimate of drug-likeness (QED) is 0.838. The zero-order valence-electron chi connectivity index (χ0n) is 11.5. The first-order valence-electron chi connectivity index (χ1n) is 6.31. The largest absolute Gasteiger partial charge is 0.573 e. The molecule has 2 aromatic rings. The Balaban J connectivity index is 1.85. The molecular weight excluding hydrogens is 333 g/mol. The van der Waals surface area contributed by atoms with Crippen molar-refractivity contribution in [2.24, 2.45) is 0 Å². The van der Waals surface area contributed by atoms with Crippen LogP contribution in [0.1, 0.15) is 4.88 Å². The average molecular weight is 344 g/mol. The molecule has 0 spiro atoms. The highest BCUT2D eigenvalue weighted by Gasteiger charge is 2.31. The van der Waals surface area contributed by atoms with E-state index in [2.05, 4.69) is 15.4 Å². The molecule has 0 saturated carbocycles. The van der Waals surface area contributed by atoms with Gasteiger partial charge in [-0.3, -0.25) is 9.59 Å². The van der Waals surface area contributed by atoms with Gasteiger partial charge in [0.1, 0.15) is 5.75 Å². The number of benzene rings is 1. The van der Waals surface area contributed by atoms with Crippen molar-refractivity contribution in [3.8, 4) is 5.75 Å². The van der Waals surface area contributed by atoms with Crippen molar-refractivity contribution in [2.75, 3.05) is 5.32 Å². The Kier molecular flexibility index (Phi) is 5.22. The van der Waals surface area contributed by atoms with Crippen LogP contribution in [-0.4, -0.2) is 18.2 Å². The van der Waals surface area contributed by atoms with Crippen molar-refractivity contribution >= 4 is 28.8 Å². The Morgan fingerprint density at radius 1 is 1.09 bits per heavy atom. The zero-order valence-corrected chi connectivity index (χ0v) is 12.3. The summed E-state index contributed by atoms with van der Waals surface area (Å²) < 4.78 is 39.7. The SMILES string of the molecule is O=C(NCc1cccs1)C(=O)Nc1ccc(OC(F)(F)F)cc1. The third-order valence-corrected chi connectivity index (χ3v) is 3.43. The minimum atomic E-state index is -4.79. The van der Waals surface area contributed by atoms with Crippen LogP contribution in [0.4, 0.5) is 18.9 Å². The standard InChI is InChI=1S/C14H11F3N2O3S/c15-14(16,17)22-10-5-3-9(4-6-10)19-13(21)12(20)18-8-11-2-1-7-23-11/h1-7H,8H2,(H,18,20)(H,19,21). The third kappa shape index (κ3) is 5.62. The summed E-state index contributed by atoms with van der Waals surface area (Å²) in [5.41, 5.74) is 0.177. The van der Waals surface area contributed by atoms with Crippen molar-refractivity contribution in [3.05, 3.63) is 46.7 Å². The first-order valence-corrected chi connectivity index (χ1v) is 7.19. The monoisotopic (exact) mass is 344 g/mol. The Labute approximate surface area is 133 Å². The minimum absolute atomic E-state index is 0.177. The summed E-state index contributed by atoms with van der Waals surface area (Å²) in [4.78, 5) is 24.1. The molecule has 0 aliphatic heterocycles. The second-order valence-electron chi connectivity index (χ2n) is 4.29. The third-order valence-electron chi connectivity index (χ3n) is 2.56. The number of rotatable bonds is 4. The molecule has 1 aromatic heterocycles. The number of carbonyl (C=O) groups excluding carboxylic acids is 2. The normalized spacial score (nSPS) is 10.9. The maximum absolute atomic E-state index is 12.0. The summed E-state index contributed by atoms with van der Waals surface area (Å²) in [6, 6.07) is 8.09. The van der Waals surface area contributed by atoms with Gasteiger partial charge in [0.15, 0.2) is 0 Å². The fraction of sp³-hybridized carbons (Fsp3) is 0.143. The number of alkyl halides is 3. The Hall–Kier alpha value is -2.55. The molecule has 0 radical (unpaired) electrons. The number of ether oxygens (including phenoxy) is 1. The van der Waals surface area contributed by atoms with Crippen LogP contribution >= 0.6 is 11.3 Å². The predicted octanol–water partition coefficient (Wildman–Crippen LogP) is 2.90. The predicted molar refractivity (Wildman–Crippen MR) is 77.9 cm³/mol. The van der Waals surface area contributed by atoms with E-state index in [1.807, 2.05) is 17.5 Å². The van der Waals surface area contributed by atoms with Gasteiger partial charge in [-0.1, -0.05) is 6.07 Å². The van der Waals surface area contributed by atoms with Gasteiger partial charge in [-0.25, -0.2) is 0 Å². The van der Waals surface area contributed by atoms with Crippen LogP contribution < -0.4 is 15.4 Å². The van der Waals surface area contributed by atoms with Crippen molar-refractivity contribution < 1.29 is 27.5 Å². The Bertz CT molecular complexity index is 670. The first-order chi connectivity index (χ1) is 10.8. The molecule has 0 atom stereocenters. The van der Waals surface area contributed by atoms with E-state index in [0.717, 1.165) is 17.0 Å². The second kappa shape index (κ2) is 7.14. The molecule has 0 aliphatic rings. The van der Waals surface area contributed by atoms with Crippen LogP contribution in [0.25, 0.3) is 0 Å². The highest BCUT2D eigenvalue weighted by atomic mass is 32.1. The molecule has 2 amide bonds. The number of hydrogen-bond acceptors (Lipinski definition) is 4. The average Bonchev–Trinajstić information content (AvgIpc) is 2.98. The van der Waals surface area contributed by atoms with Crippen molar-refractivity contribution in [3.63, 3.8) is 0 Å². The molecule has 0 saturated heterocycles. The molecule has 0 bridgehead atoms. The van der Waals surface area contributed by atoms with Gasteiger partial charge in [-0.15, -0.1) is 24.5 Å². The summed E-state index contributed by atoms with van der Waals surface area (Å²) in [5, 5.41) is 6.55. The highest BCUT2D eigenvalue weighted by Crippen LogP contribution is 2.23. The topological polar surface area (TPSA) is 67.4 Å². The number of nitrogens with one attached hydrogen (secondary N) is 2. The Morgan fingerprint density at radius 3 is 2.35 bits per heavy atom. The first kappa shape index (κ1) is 16.8. The fourth-order valence-corrected chi connectivity index (χ4v) is 2.23. The summed E-state index contributed by atoms with van der Waals surface area (Å²) in [6.45, 7) is 0.224. The smallest absolute Gasteiger partial charge is 0.406 e. The van der Waals surface area contributed by atoms with Gasteiger partial charge in [-0.2, -0.15) is 0 Å². The van der Waals surface area contributed by atoms with E-state index < -0.39 is 23.9 Å². The number of carbonyl (C=O) groups is 2. The highest BCUT2D eigenvalue weighted by molar-refractivity contribution is 7.09. The minimum Gasteiger partial charge on any atom is -0.406 e. The van der Waals surface area contributed by atoms with E-state index in [1.54, 1.807) is 0 Å². The molecule has 0 aliphatic carbocycles. The number of anilines is 1. The lowest BCUT2D eigenvalue weighted by atomic mass is 10.3. The van der Waals surface area contributed by atoms with E-state index in [-0.39, 0.29) is 12.2 Å². The van der Waals surface area contributed by atoms with Gasteiger partial charge >= 0.3 is 18.2 Å². The van der Waals surface area contributed by atoms with Crippen molar-refractivity contribution in [1.29, 1.82) is 0 Å². The lowest BCUT2D eigenvalue weighted by molar-refractivity contribution is -0.274. The fourth-order valence-electron chi connectivity index (χ4n) is 1.59. The van der Waals surface area contributed by atoms with E-state index >= 15 is 0 Å². The molecule has 2 N–H and O–H groups in total. The summed E-state index contributed by atoms with van der Waals surface area (Å²) in [7, 11) is 0. The maximum Gasteiger partial charge on any atom is 0.573 e. The van der Waals surface area contributed by atoms with E-state index in [9.17, 15) is 22.8 Å². The number of hydrogen-bond donors (Lipinski definition) is 2. The molecule has 2 rings (SSSR count). The van der Waals surface area contributed by atoms with Crippen LogP contribution in [0.15, 0.2) is 41.8 Å². The summed E-state index contributed by atoms with van der Waals surface area (Å²) in [6.07, 6.45) is -4.79. The number of thiophene rings is 1. The lowest BCUT2D eigenvalue weighted by Crippen LogP contribution is -2.34.